The van der Waals surface area contributed by atoms with Crippen LogP contribution in [0.4, 0.5) is 5.69 Å². The van der Waals surface area contributed by atoms with Crippen molar-refractivity contribution >= 4 is 17.4 Å². The van der Waals surface area contributed by atoms with Crippen LogP contribution in [0.25, 0.3) is 0 Å². The first-order valence-electron chi connectivity index (χ1n) is 6.27. The smallest absolute Gasteiger partial charge is 0.0431 e. The number of nitrogens with zero attached hydrogens (tertiary/aromatic N) is 1. The van der Waals surface area contributed by atoms with Crippen LogP contribution in [0.15, 0.2) is 12.1 Å². The third-order valence-electron chi connectivity index (χ3n) is 3.70. The van der Waals surface area contributed by atoms with Crippen LogP contribution in [0.2, 0.25) is 0 Å². The summed E-state index contributed by atoms with van der Waals surface area (Å²) < 4.78 is 0. The summed E-state index contributed by atoms with van der Waals surface area (Å²) in [4.78, 5) is 2.61. The van der Waals surface area contributed by atoms with Crippen LogP contribution in [0.5, 0.6) is 0 Å². The van der Waals surface area contributed by atoms with E-state index in [0.717, 1.165) is 0 Å². The minimum absolute atomic E-state index is 1.17. The molecule has 86 valence electrons. The van der Waals surface area contributed by atoms with Gasteiger partial charge in [0.15, 0.2) is 0 Å². The number of hydrogen-bond donors (Lipinski definition) is 0. The van der Waals surface area contributed by atoms with Crippen LogP contribution in [-0.2, 0) is 18.6 Å². The normalized spacial score (nSPS) is 18.4. The zero-order valence-electron chi connectivity index (χ0n) is 9.96. The first-order chi connectivity index (χ1) is 7.88. The van der Waals surface area contributed by atoms with Crippen LogP contribution in [0, 0.1) is 0 Å². The summed E-state index contributed by atoms with van der Waals surface area (Å²) in [6, 6.07) is 4.90. The monoisotopic (exact) mass is 233 g/mol. The van der Waals surface area contributed by atoms with Crippen LogP contribution in [0.1, 0.15) is 29.5 Å². The Morgan fingerprint density at radius 1 is 1.12 bits per heavy atom. The molecule has 2 heterocycles. The SMILES string of the molecule is CSCc1cc2c3c(c1)CCCN3CCC2. The first kappa shape index (κ1) is 10.5. The zero-order chi connectivity index (χ0) is 11.0. The number of benzene rings is 1. The van der Waals surface area contributed by atoms with Crippen molar-refractivity contribution in [3.63, 3.8) is 0 Å². The third kappa shape index (κ3) is 1.73. The Morgan fingerprint density at radius 2 is 1.75 bits per heavy atom. The zero-order valence-corrected chi connectivity index (χ0v) is 10.8. The van der Waals surface area contributed by atoms with Gasteiger partial charge in [-0.15, -0.1) is 0 Å². The minimum Gasteiger partial charge on any atom is -0.371 e. The molecule has 3 rings (SSSR count). The van der Waals surface area contributed by atoms with E-state index in [1.165, 1.54) is 50.1 Å². The molecule has 0 radical (unpaired) electrons. The van der Waals surface area contributed by atoms with E-state index in [1.807, 2.05) is 11.8 Å². The molecule has 0 fully saturated rings. The van der Waals surface area contributed by atoms with E-state index in [-0.39, 0.29) is 0 Å². The topological polar surface area (TPSA) is 3.24 Å². The van der Waals surface area contributed by atoms with E-state index in [9.17, 15) is 0 Å². The second-order valence-corrected chi connectivity index (χ2v) is 5.76. The Hall–Kier alpha value is -0.630. The highest BCUT2D eigenvalue weighted by Gasteiger charge is 2.23. The van der Waals surface area contributed by atoms with Gasteiger partial charge in [0.05, 0.1) is 0 Å². The second kappa shape index (κ2) is 4.33. The number of hydrogen-bond acceptors (Lipinski definition) is 2. The molecule has 0 N–H and O–H groups in total. The van der Waals surface area contributed by atoms with E-state index in [1.54, 1.807) is 16.8 Å². The van der Waals surface area contributed by atoms with Crippen LogP contribution < -0.4 is 4.90 Å². The van der Waals surface area contributed by atoms with Crippen LogP contribution >= 0.6 is 11.8 Å². The Bertz CT molecular complexity index is 369. The summed E-state index contributed by atoms with van der Waals surface area (Å²) in [7, 11) is 0. The van der Waals surface area contributed by atoms with Gasteiger partial charge in [-0.1, -0.05) is 12.1 Å². The second-order valence-electron chi connectivity index (χ2n) is 4.89. The van der Waals surface area contributed by atoms with Gasteiger partial charge in [-0.2, -0.15) is 11.8 Å². The van der Waals surface area contributed by atoms with Gasteiger partial charge < -0.3 is 4.90 Å². The Kier molecular flexibility index (Phi) is 2.84. The van der Waals surface area contributed by atoms with Crippen molar-refractivity contribution < 1.29 is 0 Å². The van der Waals surface area contributed by atoms with Crippen molar-refractivity contribution in [1.29, 1.82) is 0 Å². The van der Waals surface area contributed by atoms with Gasteiger partial charge in [-0.05, 0) is 48.6 Å². The van der Waals surface area contributed by atoms with Crippen LogP contribution in [0.3, 0.4) is 0 Å². The fourth-order valence-electron chi connectivity index (χ4n) is 3.13. The number of rotatable bonds is 2. The summed E-state index contributed by atoms with van der Waals surface area (Å²) in [5.74, 6) is 1.17. The van der Waals surface area contributed by atoms with Crippen molar-refractivity contribution in [1.82, 2.24) is 0 Å². The highest BCUT2D eigenvalue weighted by molar-refractivity contribution is 7.97. The van der Waals surface area contributed by atoms with Gasteiger partial charge in [0.1, 0.15) is 0 Å². The Balaban J connectivity index is 2.06. The predicted molar refractivity (Wildman–Crippen MR) is 72.5 cm³/mol. The molecule has 0 unspecified atom stereocenters. The summed E-state index contributed by atoms with van der Waals surface area (Å²) in [6.45, 7) is 2.56. The highest BCUT2D eigenvalue weighted by Crippen LogP contribution is 2.36. The molecule has 0 saturated carbocycles. The molecule has 2 aliphatic rings. The first-order valence-corrected chi connectivity index (χ1v) is 7.66. The molecule has 0 spiro atoms. The molecule has 0 aromatic heterocycles. The van der Waals surface area contributed by atoms with Gasteiger partial charge in [-0.3, -0.25) is 0 Å². The van der Waals surface area contributed by atoms with E-state index in [2.05, 4.69) is 23.3 Å². The molecule has 1 aromatic carbocycles. The van der Waals surface area contributed by atoms with Crippen LogP contribution in [-0.4, -0.2) is 19.3 Å². The maximum atomic E-state index is 2.61. The summed E-state index contributed by atoms with van der Waals surface area (Å²) in [5, 5.41) is 0. The van der Waals surface area contributed by atoms with E-state index < -0.39 is 0 Å². The van der Waals surface area contributed by atoms with Gasteiger partial charge in [0.25, 0.3) is 0 Å². The molecule has 16 heavy (non-hydrogen) atoms. The summed E-state index contributed by atoms with van der Waals surface area (Å²) >= 11 is 1.93. The minimum atomic E-state index is 1.17. The number of anilines is 1. The van der Waals surface area contributed by atoms with Crippen molar-refractivity contribution in [2.45, 2.75) is 31.4 Å². The molecule has 0 aliphatic carbocycles. The number of aryl methyl sites for hydroxylation is 2. The van der Waals surface area contributed by atoms with Crippen molar-refractivity contribution in [2.24, 2.45) is 0 Å². The molecule has 1 aromatic rings. The number of thioether (sulfide) groups is 1. The lowest BCUT2D eigenvalue weighted by molar-refractivity contribution is 0.633. The average molecular weight is 233 g/mol. The van der Waals surface area contributed by atoms with Gasteiger partial charge in [0.2, 0.25) is 0 Å². The van der Waals surface area contributed by atoms with Gasteiger partial charge in [-0.25, -0.2) is 0 Å². The maximum Gasteiger partial charge on any atom is 0.0431 e. The molecular formula is C14H19NS. The Morgan fingerprint density at radius 3 is 2.31 bits per heavy atom. The maximum absolute atomic E-state index is 2.61. The molecule has 2 heteroatoms. The summed E-state index contributed by atoms with van der Waals surface area (Å²) in [5.41, 5.74) is 6.37. The highest BCUT2D eigenvalue weighted by atomic mass is 32.2. The van der Waals surface area contributed by atoms with Gasteiger partial charge in [0, 0.05) is 24.5 Å². The lowest BCUT2D eigenvalue weighted by atomic mass is 9.90. The predicted octanol–water partition coefficient (Wildman–Crippen LogP) is 3.25. The molecule has 0 bridgehead atoms. The lowest BCUT2D eigenvalue weighted by Crippen LogP contribution is -2.34. The molecular weight excluding hydrogens is 214 g/mol. The van der Waals surface area contributed by atoms with E-state index in [4.69, 9.17) is 0 Å². The molecule has 0 saturated heterocycles. The fourth-order valence-corrected chi connectivity index (χ4v) is 3.63. The molecule has 2 aliphatic heterocycles. The van der Waals surface area contributed by atoms with Crippen molar-refractivity contribution in [3.05, 3.63) is 28.8 Å². The Labute approximate surface area is 102 Å². The van der Waals surface area contributed by atoms with Crippen molar-refractivity contribution in [3.8, 4) is 0 Å². The lowest BCUT2D eigenvalue weighted by Gasteiger charge is -2.37. The largest absolute Gasteiger partial charge is 0.371 e. The van der Waals surface area contributed by atoms with E-state index >= 15 is 0 Å². The van der Waals surface area contributed by atoms with E-state index in [0.29, 0.717) is 0 Å². The third-order valence-corrected chi connectivity index (χ3v) is 4.33. The fraction of sp³-hybridized carbons (Fsp3) is 0.571. The standard InChI is InChI=1S/C14H19NS/c1-16-10-11-8-12-4-2-6-15-7-3-5-13(9-11)14(12)15/h8-9H,2-7,10H2,1H3. The average Bonchev–Trinajstić information content (AvgIpc) is 2.30. The quantitative estimate of drug-likeness (QED) is 0.771. The van der Waals surface area contributed by atoms with Gasteiger partial charge >= 0.3 is 0 Å². The molecule has 0 atom stereocenters. The molecule has 1 nitrogen and oxygen atoms in total. The van der Waals surface area contributed by atoms with Crippen molar-refractivity contribution in [2.75, 3.05) is 24.2 Å². The summed E-state index contributed by atoms with van der Waals surface area (Å²) in [6.07, 6.45) is 7.46. The molecule has 0 amide bonds.